The zero-order valence-electron chi connectivity index (χ0n) is 14.9. The lowest BCUT2D eigenvalue weighted by molar-refractivity contribution is 0.103. The molecule has 1 N–H and O–H groups in total. The number of halogens is 1. The molecule has 136 valence electrons. The van der Waals surface area contributed by atoms with Crippen molar-refractivity contribution in [3.8, 4) is 0 Å². The van der Waals surface area contributed by atoms with Crippen LogP contribution in [0.1, 0.15) is 34.6 Å². The number of rotatable bonds is 3. The van der Waals surface area contributed by atoms with Gasteiger partial charge in [-0.1, -0.05) is 11.6 Å². The third-order valence-electron chi connectivity index (χ3n) is 4.82. The van der Waals surface area contributed by atoms with Gasteiger partial charge >= 0.3 is 0 Å². The summed E-state index contributed by atoms with van der Waals surface area (Å²) in [6, 6.07) is 7.67. The van der Waals surface area contributed by atoms with E-state index >= 15 is 0 Å². The topological polar surface area (TPSA) is 50.2 Å². The first kappa shape index (κ1) is 17.4. The van der Waals surface area contributed by atoms with Gasteiger partial charge in [0.25, 0.3) is 5.91 Å². The molecule has 1 aromatic carbocycles. The van der Waals surface area contributed by atoms with Crippen molar-refractivity contribution in [1.82, 2.24) is 9.78 Å². The number of amides is 1. The molecule has 1 saturated heterocycles. The summed E-state index contributed by atoms with van der Waals surface area (Å²) in [4.78, 5) is 16.6. The monoisotopic (exact) mass is 388 g/mol. The molecule has 1 aliphatic rings. The minimum atomic E-state index is -0.118. The van der Waals surface area contributed by atoms with Crippen LogP contribution in [0.4, 0.5) is 11.4 Å². The van der Waals surface area contributed by atoms with Crippen molar-refractivity contribution in [2.75, 3.05) is 23.3 Å². The van der Waals surface area contributed by atoms with Gasteiger partial charge in [0.2, 0.25) is 0 Å². The molecule has 0 atom stereocenters. The smallest absolute Gasteiger partial charge is 0.265 e. The van der Waals surface area contributed by atoms with Crippen LogP contribution in [-0.2, 0) is 7.05 Å². The molecule has 0 unspecified atom stereocenters. The summed E-state index contributed by atoms with van der Waals surface area (Å²) in [5.41, 5.74) is 2.70. The maximum Gasteiger partial charge on any atom is 0.265 e. The Morgan fingerprint density at radius 1 is 1.23 bits per heavy atom. The molecule has 5 nitrogen and oxygen atoms in total. The lowest BCUT2D eigenvalue weighted by Gasteiger charge is -2.29. The summed E-state index contributed by atoms with van der Waals surface area (Å²) in [5.74, 6) is -0.118. The minimum absolute atomic E-state index is 0.118. The highest BCUT2D eigenvalue weighted by atomic mass is 35.5. The van der Waals surface area contributed by atoms with Crippen LogP contribution in [-0.4, -0.2) is 28.8 Å². The fraction of sp³-hybridized carbons (Fsp3) is 0.368. The Kier molecular flexibility index (Phi) is 4.63. The first-order valence-corrected chi connectivity index (χ1v) is 10.0. The van der Waals surface area contributed by atoms with E-state index in [9.17, 15) is 4.79 Å². The molecule has 0 aliphatic carbocycles. The molecule has 0 radical (unpaired) electrons. The van der Waals surface area contributed by atoms with Crippen LogP contribution in [0.5, 0.6) is 0 Å². The molecule has 7 heteroatoms. The number of benzene rings is 1. The van der Waals surface area contributed by atoms with Crippen molar-refractivity contribution in [2.24, 2.45) is 7.05 Å². The molecule has 4 rings (SSSR count). The molecule has 0 saturated carbocycles. The molecule has 3 aromatic rings. The molecule has 2 aromatic heterocycles. The number of anilines is 2. The van der Waals surface area contributed by atoms with Crippen molar-refractivity contribution in [3.05, 3.63) is 39.9 Å². The number of carbonyl (C=O) groups is 1. The van der Waals surface area contributed by atoms with Crippen LogP contribution in [0.15, 0.2) is 24.3 Å². The standard InChI is InChI=1S/C19H21ClN4OS/c1-12-14-11-17(26-19(14)23(2)22-12)18(25)21-13-6-7-16(15(20)10-13)24-8-4-3-5-9-24/h6-7,10-11H,3-5,8-9H2,1-2H3,(H,21,25). The second kappa shape index (κ2) is 6.93. The summed E-state index contributed by atoms with van der Waals surface area (Å²) < 4.78 is 1.82. The molecule has 1 amide bonds. The van der Waals surface area contributed by atoms with Gasteiger partial charge in [0, 0.05) is 31.2 Å². The van der Waals surface area contributed by atoms with Gasteiger partial charge in [-0.15, -0.1) is 11.3 Å². The number of fused-ring (bicyclic) bond motifs is 1. The fourth-order valence-electron chi connectivity index (χ4n) is 3.49. The SMILES string of the molecule is Cc1nn(C)c2sc(C(=O)Nc3ccc(N4CCCCC4)c(Cl)c3)cc12. The predicted octanol–water partition coefficient (Wildman–Crippen LogP) is 4.84. The molecule has 0 bridgehead atoms. The Balaban J connectivity index is 1.53. The zero-order valence-corrected chi connectivity index (χ0v) is 16.5. The van der Waals surface area contributed by atoms with E-state index in [0.717, 1.165) is 34.7 Å². The van der Waals surface area contributed by atoms with Gasteiger partial charge in [0.1, 0.15) is 4.83 Å². The van der Waals surface area contributed by atoms with Crippen LogP contribution in [0.3, 0.4) is 0 Å². The Labute approximate surface area is 161 Å². The Morgan fingerprint density at radius 2 is 2.00 bits per heavy atom. The lowest BCUT2D eigenvalue weighted by atomic mass is 10.1. The number of carbonyl (C=O) groups excluding carboxylic acids is 1. The number of aromatic nitrogens is 2. The zero-order chi connectivity index (χ0) is 18.3. The molecule has 26 heavy (non-hydrogen) atoms. The summed E-state index contributed by atoms with van der Waals surface area (Å²) >= 11 is 7.93. The largest absolute Gasteiger partial charge is 0.370 e. The summed E-state index contributed by atoms with van der Waals surface area (Å²) in [7, 11) is 1.90. The molecule has 1 aliphatic heterocycles. The first-order chi connectivity index (χ1) is 12.5. The maximum atomic E-state index is 12.6. The maximum absolute atomic E-state index is 12.6. The number of piperidine rings is 1. The quantitative estimate of drug-likeness (QED) is 0.698. The average Bonchev–Trinajstić information content (AvgIpc) is 3.18. The number of hydrogen-bond donors (Lipinski definition) is 1. The van der Waals surface area contributed by atoms with Gasteiger partial charge in [0.05, 0.1) is 21.3 Å². The summed E-state index contributed by atoms with van der Waals surface area (Å²) in [5, 5.41) is 9.04. The average molecular weight is 389 g/mol. The van der Waals surface area contributed by atoms with Gasteiger partial charge in [0.15, 0.2) is 0 Å². The normalized spacial score (nSPS) is 14.8. The summed E-state index contributed by atoms with van der Waals surface area (Å²) in [6.07, 6.45) is 3.69. The molecule has 0 spiro atoms. The first-order valence-electron chi connectivity index (χ1n) is 8.82. The van der Waals surface area contributed by atoms with E-state index in [2.05, 4.69) is 15.3 Å². The molecule has 3 heterocycles. The second-order valence-electron chi connectivity index (χ2n) is 6.71. The Hall–Kier alpha value is -2.05. The predicted molar refractivity (Wildman–Crippen MR) is 109 cm³/mol. The number of thiophene rings is 1. The van der Waals surface area contributed by atoms with E-state index in [1.54, 1.807) is 0 Å². The lowest BCUT2D eigenvalue weighted by Crippen LogP contribution is -2.29. The molecular weight excluding hydrogens is 368 g/mol. The van der Waals surface area contributed by atoms with Crippen molar-refractivity contribution in [3.63, 3.8) is 0 Å². The third-order valence-corrected chi connectivity index (χ3v) is 6.33. The molecular formula is C19H21ClN4OS. The highest BCUT2D eigenvalue weighted by Crippen LogP contribution is 2.32. The van der Waals surface area contributed by atoms with E-state index in [1.165, 1.54) is 30.6 Å². The highest BCUT2D eigenvalue weighted by molar-refractivity contribution is 7.20. The van der Waals surface area contributed by atoms with Crippen LogP contribution < -0.4 is 10.2 Å². The van der Waals surface area contributed by atoms with Gasteiger partial charge in [-0.3, -0.25) is 9.48 Å². The number of nitrogens with zero attached hydrogens (tertiary/aromatic N) is 3. The molecule has 1 fully saturated rings. The Morgan fingerprint density at radius 3 is 2.69 bits per heavy atom. The highest BCUT2D eigenvalue weighted by Gasteiger charge is 2.17. The van der Waals surface area contributed by atoms with Crippen LogP contribution in [0, 0.1) is 6.92 Å². The van der Waals surface area contributed by atoms with E-state index in [4.69, 9.17) is 11.6 Å². The van der Waals surface area contributed by atoms with E-state index in [1.807, 2.05) is 42.9 Å². The van der Waals surface area contributed by atoms with E-state index in [-0.39, 0.29) is 5.91 Å². The minimum Gasteiger partial charge on any atom is -0.370 e. The van der Waals surface area contributed by atoms with Crippen molar-refractivity contribution >= 4 is 50.4 Å². The van der Waals surface area contributed by atoms with Crippen molar-refractivity contribution < 1.29 is 4.79 Å². The third kappa shape index (κ3) is 3.19. The summed E-state index contributed by atoms with van der Waals surface area (Å²) in [6.45, 7) is 4.04. The van der Waals surface area contributed by atoms with Crippen molar-refractivity contribution in [2.45, 2.75) is 26.2 Å². The van der Waals surface area contributed by atoms with Crippen LogP contribution >= 0.6 is 22.9 Å². The van der Waals surface area contributed by atoms with E-state index < -0.39 is 0 Å². The van der Waals surface area contributed by atoms with Gasteiger partial charge in [-0.2, -0.15) is 5.10 Å². The Bertz CT molecular complexity index is 937. The number of hydrogen-bond acceptors (Lipinski definition) is 4. The second-order valence-corrected chi connectivity index (χ2v) is 8.14. The van der Waals surface area contributed by atoms with Crippen LogP contribution in [0.25, 0.3) is 10.2 Å². The number of aryl methyl sites for hydroxylation is 2. The van der Waals surface area contributed by atoms with Gasteiger partial charge in [-0.25, -0.2) is 0 Å². The van der Waals surface area contributed by atoms with Gasteiger partial charge in [-0.05, 0) is 50.5 Å². The van der Waals surface area contributed by atoms with Crippen molar-refractivity contribution in [1.29, 1.82) is 0 Å². The fourth-order valence-corrected chi connectivity index (χ4v) is 4.80. The van der Waals surface area contributed by atoms with E-state index in [0.29, 0.717) is 15.6 Å². The number of nitrogens with one attached hydrogen (secondary N) is 1. The van der Waals surface area contributed by atoms with Crippen LogP contribution in [0.2, 0.25) is 5.02 Å². The van der Waals surface area contributed by atoms with Gasteiger partial charge < -0.3 is 10.2 Å².